The summed E-state index contributed by atoms with van der Waals surface area (Å²) in [5.74, 6) is 0. The van der Waals surface area contributed by atoms with Gasteiger partial charge in [0.05, 0.1) is 12.1 Å². The predicted octanol–water partition coefficient (Wildman–Crippen LogP) is 0.687. The van der Waals surface area contributed by atoms with Gasteiger partial charge in [-0.05, 0) is 19.4 Å². The van der Waals surface area contributed by atoms with Gasteiger partial charge in [0, 0.05) is 31.6 Å². The maximum atomic E-state index is 5.57. The van der Waals surface area contributed by atoms with Gasteiger partial charge in [-0.15, -0.1) is 0 Å². The molecule has 0 aliphatic heterocycles. The molecule has 0 spiro atoms. The predicted molar refractivity (Wildman–Crippen MR) is 63.1 cm³/mol. The van der Waals surface area contributed by atoms with Gasteiger partial charge in [0.25, 0.3) is 0 Å². The maximum absolute atomic E-state index is 5.57. The Morgan fingerprint density at radius 2 is 2.40 bits per heavy atom. The SMILES string of the molecule is CCNCC(OC)/C(C=NC1CC1)=C/N. The van der Waals surface area contributed by atoms with Crippen molar-refractivity contribution >= 4 is 6.21 Å². The summed E-state index contributed by atoms with van der Waals surface area (Å²) in [7, 11) is 1.69. The molecule has 3 N–H and O–H groups in total. The molecule has 86 valence electrons. The lowest BCUT2D eigenvalue weighted by Crippen LogP contribution is -2.30. The number of hydrogen-bond acceptors (Lipinski definition) is 4. The van der Waals surface area contributed by atoms with E-state index in [1.807, 2.05) is 6.21 Å². The topological polar surface area (TPSA) is 59.6 Å². The molecule has 1 atom stereocenters. The molecule has 0 aromatic heterocycles. The molecule has 0 heterocycles. The third kappa shape index (κ3) is 4.44. The molecule has 1 rings (SSSR count). The van der Waals surface area contributed by atoms with Crippen molar-refractivity contribution in [2.75, 3.05) is 20.2 Å². The van der Waals surface area contributed by atoms with Crippen molar-refractivity contribution in [3.05, 3.63) is 11.8 Å². The number of ether oxygens (including phenoxy) is 1. The van der Waals surface area contributed by atoms with Crippen LogP contribution in [0.25, 0.3) is 0 Å². The van der Waals surface area contributed by atoms with Crippen LogP contribution in [0.5, 0.6) is 0 Å². The summed E-state index contributed by atoms with van der Waals surface area (Å²) in [6.45, 7) is 3.76. The monoisotopic (exact) mass is 211 g/mol. The third-order valence-electron chi connectivity index (χ3n) is 2.41. The van der Waals surface area contributed by atoms with E-state index < -0.39 is 0 Å². The van der Waals surface area contributed by atoms with Crippen molar-refractivity contribution in [3.8, 4) is 0 Å². The van der Waals surface area contributed by atoms with Crippen LogP contribution in [0.3, 0.4) is 0 Å². The number of hydrogen-bond donors (Lipinski definition) is 2. The van der Waals surface area contributed by atoms with Crippen molar-refractivity contribution in [3.63, 3.8) is 0 Å². The molecule has 1 saturated carbocycles. The molecule has 0 bridgehead atoms. The second kappa shape index (κ2) is 6.58. The molecule has 1 aliphatic carbocycles. The minimum atomic E-state index is -0.00236. The molecule has 15 heavy (non-hydrogen) atoms. The molecule has 0 aromatic carbocycles. The lowest BCUT2D eigenvalue weighted by Gasteiger charge is -2.15. The average molecular weight is 211 g/mol. The zero-order valence-electron chi connectivity index (χ0n) is 9.57. The molecular formula is C11H21N3O. The fourth-order valence-electron chi connectivity index (χ4n) is 1.26. The van der Waals surface area contributed by atoms with Gasteiger partial charge in [-0.2, -0.15) is 0 Å². The Hall–Kier alpha value is -0.870. The fourth-order valence-corrected chi connectivity index (χ4v) is 1.26. The van der Waals surface area contributed by atoms with E-state index in [-0.39, 0.29) is 6.10 Å². The van der Waals surface area contributed by atoms with Gasteiger partial charge in [-0.3, -0.25) is 4.99 Å². The fraction of sp³-hybridized carbons (Fsp3) is 0.727. The third-order valence-corrected chi connectivity index (χ3v) is 2.41. The average Bonchev–Trinajstić information content (AvgIpc) is 3.06. The number of rotatable bonds is 7. The van der Waals surface area contributed by atoms with E-state index >= 15 is 0 Å². The van der Waals surface area contributed by atoms with Crippen LogP contribution in [0.15, 0.2) is 16.8 Å². The Morgan fingerprint density at radius 1 is 1.67 bits per heavy atom. The molecule has 0 radical (unpaired) electrons. The highest BCUT2D eigenvalue weighted by atomic mass is 16.5. The number of aliphatic imine (C=N–C) groups is 1. The molecule has 0 aromatic rings. The largest absolute Gasteiger partial charge is 0.404 e. The number of nitrogens with zero attached hydrogens (tertiary/aromatic N) is 1. The highest BCUT2D eigenvalue weighted by Crippen LogP contribution is 2.23. The highest BCUT2D eigenvalue weighted by Gasteiger charge is 2.20. The van der Waals surface area contributed by atoms with Crippen molar-refractivity contribution in [2.45, 2.75) is 31.9 Å². The van der Waals surface area contributed by atoms with Gasteiger partial charge >= 0.3 is 0 Å². The quantitative estimate of drug-likeness (QED) is 0.609. The van der Waals surface area contributed by atoms with E-state index in [4.69, 9.17) is 10.5 Å². The summed E-state index contributed by atoms with van der Waals surface area (Å²) in [5, 5.41) is 3.23. The normalized spacial score (nSPS) is 19.7. The number of likely N-dealkylation sites (N-methyl/N-ethyl adjacent to an activating group) is 1. The second-order valence-corrected chi connectivity index (χ2v) is 3.71. The first-order valence-electron chi connectivity index (χ1n) is 5.50. The van der Waals surface area contributed by atoms with Crippen LogP contribution in [0.1, 0.15) is 19.8 Å². The molecule has 0 saturated heterocycles. The Morgan fingerprint density at radius 3 is 2.87 bits per heavy atom. The van der Waals surface area contributed by atoms with Gasteiger partial charge in [0.2, 0.25) is 0 Å². The Balaban J connectivity index is 2.45. The first-order valence-corrected chi connectivity index (χ1v) is 5.50. The van der Waals surface area contributed by atoms with E-state index in [1.54, 1.807) is 13.3 Å². The molecule has 4 heteroatoms. The summed E-state index contributed by atoms with van der Waals surface area (Å²) in [4.78, 5) is 4.40. The van der Waals surface area contributed by atoms with E-state index in [0.29, 0.717) is 6.04 Å². The van der Waals surface area contributed by atoms with Gasteiger partial charge in [0.15, 0.2) is 0 Å². The molecule has 0 amide bonds. The smallest absolute Gasteiger partial charge is 0.0973 e. The summed E-state index contributed by atoms with van der Waals surface area (Å²) >= 11 is 0. The van der Waals surface area contributed by atoms with Gasteiger partial charge < -0.3 is 15.8 Å². The van der Waals surface area contributed by atoms with E-state index in [2.05, 4.69) is 17.2 Å². The van der Waals surface area contributed by atoms with Gasteiger partial charge in [0.1, 0.15) is 0 Å². The van der Waals surface area contributed by atoms with Crippen molar-refractivity contribution in [2.24, 2.45) is 10.7 Å². The number of methoxy groups -OCH3 is 1. The van der Waals surface area contributed by atoms with Crippen molar-refractivity contribution < 1.29 is 4.74 Å². The van der Waals surface area contributed by atoms with E-state index in [9.17, 15) is 0 Å². The van der Waals surface area contributed by atoms with Gasteiger partial charge in [-0.25, -0.2) is 0 Å². The van der Waals surface area contributed by atoms with Crippen LogP contribution in [0.2, 0.25) is 0 Å². The minimum Gasteiger partial charge on any atom is -0.404 e. The summed E-state index contributed by atoms with van der Waals surface area (Å²) in [6, 6.07) is 0.525. The van der Waals surface area contributed by atoms with Crippen molar-refractivity contribution in [1.82, 2.24) is 5.32 Å². The van der Waals surface area contributed by atoms with Crippen molar-refractivity contribution in [1.29, 1.82) is 0 Å². The summed E-state index contributed by atoms with van der Waals surface area (Å²) in [5.41, 5.74) is 6.52. The molecule has 1 aliphatic rings. The molecule has 1 unspecified atom stereocenters. The Kier molecular flexibility index (Phi) is 5.36. The minimum absolute atomic E-state index is 0.00236. The lowest BCUT2D eigenvalue weighted by molar-refractivity contribution is 0.135. The highest BCUT2D eigenvalue weighted by molar-refractivity contribution is 5.80. The first kappa shape index (κ1) is 12.2. The number of nitrogens with one attached hydrogen (secondary N) is 1. The van der Waals surface area contributed by atoms with Crippen LogP contribution in [-0.4, -0.2) is 38.6 Å². The van der Waals surface area contributed by atoms with Crippen LogP contribution >= 0.6 is 0 Å². The van der Waals surface area contributed by atoms with Crippen LogP contribution < -0.4 is 11.1 Å². The number of nitrogens with two attached hydrogens (primary N) is 1. The van der Waals surface area contributed by atoms with Gasteiger partial charge in [-0.1, -0.05) is 6.92 Å². The summed E-state index contributed by atoms with van der Waals surface area (Å²) < 4.78 is 5.36. The van der Waals surface area contributed by atoms with Crippen LogP contribution in [0.4, 0.5) is 0 Å². The Labute approximate surface area is 91.6 Å². The lowest BCUT2D eigenvalue weighted by atomic mass is 10.1. The zero-order valence-corrected chi connectivity index (χ0v) is 9.57. The van der Waals surface area contributed by atoms with Crippen LogP contribution in [-0.2, 0) is 4.74 Å². The van der Waals surface area contributed by atoms with E-state index in [0.717, 1.165) is 18.7 Å². The zero-order chi connectivity index (χ0) is 11.1. The second-order valence-electron chi connectivity index (χ2n) is 3.71. The van der Waals surface area contributed by atoms with E-state index in [1.165, 1.54) is 12.8 Å². The van der Waals surface area contributed by atoms with Crippen LogP contribution in [0, 0.1) is 0 Å². The molecular weight excluding hydrogens is 190 g/mol. The maximum Gasteiger partial charge on any atom is 0.0973 e. The summed E-state index contributed by atoms with van der Waals surface area (Å²) in [6.07, 6.45) is 5.84. The Bertz CT molecular complexity index is 234. The molecule has 4 nitrogen and oxygen atoms in total. The standard InChI is InChI=1S/C11H21N3O/c1-3-13-8-11(15-2)9(6-12)7-14-10-4-5-10/h6-7,10-11,13H,3-5,8,12H2,1-2H3/b9-6+,14-7?. The first-order chi connectivity index (χ1) is 7.31. The molecule has 1 fully saturated rings.